The number of carbonyl (C=O) groups excluding carboxylic acids is 1. The molecule has 196 valence electrons. The van der Waals surface area contributed by atoms with Crippen molar-refractivity contribution >= 4 is 33.3 Å². The number of anilines is 1. The lowest BCUT2D eigenvalue weighted by Gasteiger charge is -2.19. The third-order valence-electron chi connectivity index (χ3n) is 6.29. The van der Waals surface area contributed by atoms with Gasteiger partial charge in [-0.25, -0.2) is 4.21 Å². The van der Waals surface area contributed by atoms with E-state index in [9.17, 15) is 9.00 Å². The molecule has 2 aromatic heterocycles. The van der Waals surface area contributed by atoms with Crippen LogP contribution in [0.2, 0.25) is 0 Å². The molecular formula is C28H31N7O2S. The highest BCUT2D eigenvalue weighted by molar-refractivity contribution is 7.85. The van der Waals surface area contributed by atoms with Crippen LogP contribution >= 0.6 is 0 Å². The maximum Gasteiger partial charge on any atom is 0.265 e. The zero-order valence-corrected chi connectivity index (χ0v) is 22.8. The zero-order chi connectivity index (χ0) is 27.8. The number of benzene rings is 2. The summed E-state index contributed by atoms with van der Waals surface area (Å²) in [7, 11) is 0.357. The van der Waals surface area contributed by atoms with E-state index in [4.69, 9.17) is 16.3 Å². The fourth-order valence-corrected chi connectivity index (χ4v) is 5.53. The minimum Gasteiger partial charge on any atom is -0.370 e. The first-order chi connectivity index (χ1) is 18.3. The number of amides is 1. The Morgan fingerprint density at radius 1 is 1.11 bits per heavy atom. The van der Waals surface area contributed by atoms with Gasteiger partial charge in [-0.15, -0.1) is 0 Å². The third kappa shape index (κ3) is 5.77. The summed E-state index contributed by atoms with van der Waals surface area (Å²) < 4.78 is 14.4. The van der Waals surface area contributed by atoms with E-state index in [-0.39, 0.29) is 0 Å². The summed E-state index contributed by atoms with van der Waals surface area (Å²) in [5, 5.41) is 25.6. The normalized spacial score (nSPS) is 12.9. The summed E-state index contributed by atoms with van der Waals surface area (Å²) in [6.45, 7) is 7.79. The summed E-state index contributed by atoms with van der Waals surface area (Å²) in [5.41, 5.74) is 9.22. The van der Waals surface area contributed by atoms with Gasteiger partial charge in [-0.1, -0.05) is 19.9 Å². The molecule has 1 aliphatic heterocycles. The van der Waals surface area contributed by atoms with Gasteiger partial charge in [0.15, 0.2) is 0 Å². The van der Waals surface area contributed by atoms with Crippen LogP contribution in [0.5, 0.6) is 0 Å². The molecule has 0 spiro atoms. The van der Waals surface area contributed by atoms with Gasteiger partial charge < -0.3 is 15.2 Å². The van der Waals surface area contributed by atoms with E-state index in [1.807, 2.05) is 45.0 Å². The third-order valence-corrected chi connectivity index (χ3v) is 7.78. The van der Waals surface area contributed by atoms with Gasteiger partial charge in [-0.3, -0.25) is 9.89 Å². The topological polar surface area (TPSA) is 145 Å². The number of nitriles is 2. The molecule has 0 aliphatic carbocycles. The molecule has 38 heavy (non-hydrogen) atoms. The number of H-pyrrole nitrogens is 1. The van der Waals surface area contributed by atoms with E-state index >= 15 is 0 Å². The van der Waals surface area contributed by atoms with Crippen LogP contribution in [0.3, 0.4) is 0 Å². The summed E-state index contributed by atoms with van der Waals surface area (Å²) >= 11 is 0. The van der Waals surface area contributed by atoms with Gasteiger partial charge in [-0.05, 0) is 56.2 Å². The molecule has 9 nitrogen and oxygen atoms in total. The Kier molecular flexibility index (Phi) is 9.42. The summed E-state index contributed by atoms with van der Waals surface area (Å²) in [6, 6.07) is 16.7. The molecule has 2 aromatic carbocycles. The number of nitrogens with zero attached hydrogens (tertiary/aromatic N) is 5. The Balaban J connectivity index is 0.000000208. The molecule has 1 aliphatic rings. The van der Waals surface area contributed by atoms with Gasteiger partial charge in [0.2, 0.25) is 0 Å². The first kappa shape index (κ1) is 28.2. The van der Waals surface area contributed by atoms with Crippen molar-refractivity contribution in [1.82, 2.24) is 14.8 Å². The smallest absolute Gasteiger partial charge is 0.265 e. The zero-order valence-electron chi connectivity index (χ0n) is 22.0. The lowest BCUT2D eigenvalue weighted by atomic mass is 10.1. The molecule has 4 aromatic rings. The second kappa shape index (κ2) is 12.7. The highest BCUT2D eigenvalue weighted by Gasteiger charge is 2.19. The van der Waals surface area contributed by atoms with Crippen LogP contribution < -0.4 is 10.6 Å². The van der Waals surface area contributed by atoms with Crippen molar-refractivity contribution in [3.05, 3.63) is 71.2 Å². The second-order valence-corrected chi connectivity index (χ2v) is 9.86. The first-order valence-corrected chi connectivity index (χ1v) is 13.5. The lowest BCUT2D eigenvalue weighted by molar-refractivity contribution is 0.0992. The molecule has 5 rings (SSSR count). The average Bonchev–Trinajstić information content (AvgIpc) is 3.70. The lowest BCUT2D eigenvalue weighted by Crippen LogP contribution is -2.19. The van der Waals surface area contributed by atoms with E-state index in [0.717, 1.165) is 35.4 Å². The minimum atomic E-state index is -1.37. The second-order valence-electron chi connectivity index (χ2n) is 8.41. The highest BCUT2D eigenvalue weighted by Crippen LogP contribution is 2.27. The van der Waals surface area contributed by atoms with Crippen LogP contribution in [0.15, 0.2) is 58.5 Å². The van der Waals surface area contributed by atoms with Gasteiger partial charge in [0.25, 0.3) is 5.91 Å². The Morgan fingerprint density at radius 2 is 1.82 bits per heavy atom. The van der Waals surface area contributed by atoms with Crippen LogP contribution in [0.1, 0.15) is 54.0 Å². The number of aromatic nitrogens is 3. The number of nitrogens with one attached hydrogen (secondary N) is 1. The molecule has 0 bridgehead atoms. The van der Waals surface area contributed by atoms with Gasteiger partial charge >= 0.3 is 0 Å². The predicted octanol–water partition coefficient (Wildman–Crippen LogP) is 4.53. The minimum absolute atomic E-state index is 0.347. The number of carbonyl (C=O) groups is 1. The molecule has 3 N–H and O–H groups in total. The van der Waals surface area contributed by atoms with Gasteiger partial charge in [0.1, 0.15) is 17.8 Å². The van der Waals surface area contributed by atoms with Gasteiger partial charge in [-0.2, -0.15) is 15.6 Å². The van der Waals surface area contributed by atoms with Crippen molar-refractivity contribution in [2.45, 2.75) is 43.4 Å². The predicted molar refractivity (Wildman–Crippen MR) is 148 cm³/mol. The standard InChI is InChI=1S/C14H14N4O2S.C12H11N3.C2H6/c1-8-13(6-12(14(15)19)18(8)2)21(20)10-3-4-11-9(5-10)7-16-17-11;13-8-10-4-3-5-12(11(10)9-14)15-6-1-2-7-15;1-2/h3-7H,1-2H3,(H2,15,19)(H,16,17);3-5H,1-2,6-7H2;1-2H3. The monoisotopic (exact) mass is 529 g/mol. The van der Waals surface area contributed by atoms with Crippen LogP contribution in [0.25, 0.3) is 10.9 Å². The molecule has 1 atom stereocenters. The van der Waals surface area contributed by atoms with Crippen molar-refractivity contribution in [2.24, 2.45) is 12.8 Å². The molecule has 1 amide bonds. The van der Waals surface area contributed by atoms with E-state index in [2.05, 4.69) is 27.2 Å². The molecule has 3 heterocycles. The maximum atomic E-state index is 12.7. The first-order valence-electron chi connectivity index (χ1n) is 12.3. The molecule has 1 fully saturated rings. The molecular weight excluding hydrogens is 498 g/mol. The molecule has 10 heteroatoms. The number of nitrogens with two attached hydrogens (primary N) is 1. The molecule has 1 unspecified atom stereocenters. The van der Waals surface area contributed by atoms with Crippen LogP contribution in [-0.2, 0) is 17.8 Å². The van der Waals surface area contributed by atoms with Crippen molar-refractivity contribution in [2.75, 3.05) is 18.0 Å². The Labute approximate surface area is 224 Å². The van der Waals surface area contributed by atoms with Crippen molar-refractivity contribution in [3.8, 4) is 12.1 Å². The van der Waals surface area contributed by atoms with Crippen molar-refractivity contribution in [3.63, 3.8) is 0 Å². The quantitative estimate of drug-likeness (QED) is 0.397. The highest BCUT2D eigenvalue weighted by atomic mass is 32.2. The molecule has 0 radical (unpaired) electrons. The number of rotatable bonds is 4. The largest absolute Gasteiger partial charge is 0.370 e. The number of hydrogen-bond acceptors (Lipinski definition) is 6. The Morgan fingerprint density at radius 3 is 2.42 bits per heavy atom. The number of hydrogen-bond donors (Lipinski definition) is 2. The molecule has 1 saturated heterocycles. The fraction of sp³-hybridized carbons (Fsp3) is 0.286. The Hall–Kier alpha value is -4.41. The van der Waals surface area contributed by atoms with Crippen LogP contribution in [0, 0.1) is 29.6 Å². The maximum absolute atomic E-state index is 12.7. The number of fused-ring (bicyclic) bond motifs is 1. The molecule has 0 saturated carbocycles. The van der Waals surface area contributed by atoms with Gasteiger partial charge in [0.05, 0.1) is 44.2 Å². The van der Waals surface area contributed by atoms with Crippen molar-refractivity contribution < 1.29 is 9.00 Å². The van der Waals surface area contributed by atoms with Gasteiger partial charge in [0, 0.05) is 36.1 Å². The number of aromatic amines is 1. The van der Waals surface area contributed by atoms with E-state index in [1.165, 1.54) is 12.8 Å². The summed E-state index contributed by atoms with van der Waals surface area (Å²) in [4.78, 5) is 14.8. The van der Waals surface area contributed by atoms with Crippen molar-refractivity contribution in [1.29, 1.82) is 10.5 Å². The average molecular weight is 530 g/mol. The summed E-state index contributed by atoms with van der Waals surface area (Å²) in [6.07, 6.45) is 4.02. The van der Waals surface area contributed by atoms with E-state index < -0.39 is 16.7 Å². The number of primary amides is 1. The fourth-order valence-electron chi connectivity index (χ4n) is 4.23. The van der Waals surface area contributed by atoms with E-state index in [0.29, 0.717) is 26.6 Å². The Bertz CT molecular complexity index is 1550. The van der Waals surface area contributed by atoms with E-state index in [1.54, 1.807) is 36.0 Å². The van der Waals surface area contributed by atoms with Crippen LogP contribution in [-0.4, -0.2) is 38.0 Å². The van der Waals surface area contributed by atoms with Crippen LogP contribution in [0.4, 0.5) is 5.69 Å². The SMILES string of the molecule is CC.Cc1c(S(=O)c2ccc3[nH]ncc3c2)cc(C(N)=O)n1C.N#Cc1cccc(N2CCCC2)c1C#N. The summed E-state index contributed by atoms with van der Waals surface area (Å²) in [5.74, 6) is -0.533.